The van der Waals surface area contributed by atoms with Gasteiger partial charge >= 0.3 is 0 Å². The summed E-state index contributed by atoms with van der Waals surface area (Å²) < 4.78 is 0.782. The molecule has 2 rings (SSSR count). The molecule has 5 nitrogen and oxygen atoms in total. The maximum absolute atomic E-state index is 12.5. The van der Waals surface area contributed by atoms with Gasteiger partial charge in [-0.1, -0.05) is 13.3 Å². The minimum atomic E-state index is -0.102. The average Bonchev–Trinajstić information content (AvgIpc) is 2.54. The zero-order valence-corrected chi connectivity index (χ0v) is 14.4. The van der Waals surface area contributed by atoms with Crippen LogP contribution in [0.1, 0.15) is 43.0 Å². The zero-order valence-electron chi connectivity index (χ0n) is 12.8. The van der Waals surface area contributed by atoms with Crippen molar-refractivity contribution < 1.29 is 9.59 Å². The lowest BCUT2D eigenvalue weighted by atomic mass is 9.96. The Labute approximate surface area is 139 Å². The van der Waals surface area contributed by atoms with E-state index in [0.717, 1.165) is 36.7 Å². The number of piperidine rings is 1. The van der Waals surface area contributed by atoms with Crippen molar-refractivity contribution in [3.8, 4) is 0 Å². The molecule has 0 spiro atoms. The Kier molecular flexibility index (Phi) is 6.36. The standard InChI is InChI=1S/C16H22BrN3O2/c1-2-3-6-19-15(21)12-5-4-7-20(11-12)16(22)13-8-14(17)10-18-9-13/h8-10,12H,2-7,11H2,1H3,(H,19,21). The van der Waals surface area contributed by atoms with Gasteiger partial charge in [-0.3, -0.25) is 14.6 Å². The largest absolute Gasteiger partial charge is 0.356 e. The summed E-state index contributed by atoms with van der Waals surface area (Å²) in [5, 5.41) is 2.96. The molecule has 1 saturated heterocycles. The molecule has 1 aromatic rings. The summed E-state index contributed by atoms with van der Waals surface area (Å²) in [5.41, 5.74) is 0.557. The lowest BCUT2D eigenvalue weighted by molar-refractivity contribution is -0.126. The Morgan fingerprint density at radius 2 is 2.27 bits per heavy atom. The van der Waals surface area contributed by atoms with Crippen LogP contribution in [-0.4, -0.2) is 41.3 Å². The second-order valence-electron chi connectivity index (χ2n) is 5.63. The predicted octanol–water partition coefficient (Wildman–Crippen LogP) is 2.61. The van der Waals surface area contributed by atoms with Crippen LogP contribution in [0.5, 0.6) is 0 Å². The first-order chi connectivity index (χ1) is 10.6. The van der Waals surface area contributed by atoms with Crippen molar-refractivity contribution in [3.63, 3.8) is 0 Å². The van der Waals surface area contributed by atoms with Crippen LogP contribution in [0, 0.1) is 5.92 Å². The van der Waals surface area contributed by atoms with Crippen LogP contribution in [0.3, 0.4) is 0 Å². The van der Waals surface area contributed by atoms with Gasteiger partial charge in [0.05, 0.1) is 11.5 Å². The summed E-state index contributed by atoms with van der Waals surface area (Å²) in [4.78, 5) is 30.5. The molecule has 2 heterocycles. The van der Waals surface area contributed by atoms with E-state index < -0.39 is 0 Å². The number of carbonyl (C=O) groups excluding carboxylic acids is 2. The normalized spacial score (nSPS) is 18.1. The van der Waals surface area contributed by atoms with Crippen molar-refractivity contribution in [2.75, 3.05) is 19.6 Å². The molecule has 0 saturated carbocycles. The van der Waals surface area contributed by atoms with E-state index in [4.69, 9.17) is 0 Å². The van der Waals surface area contributed by atoms with Gasteiger partial charge in [-0.2, -0.15) is 0 Å². The third-order valence-corrected chi connectivity index (χ3v) is 4.29. The lowest BCUT2D eigenvalue weighted by Crippen LogP contribution is -2.45. The quantitative estimate of drug-likeness (QED) is 0.813. The van der Waals surface area contributed by atoms with Crippen LogP contribution < -0.4 is 5.32 Å². The van der Waals surface area contributed by atoms with Gasteiger partial charge in [0.15, 0.2) is 0 Å². The Bertz CT molecular complexity index is 536. The number of hydrogen-bond donors (Lipinski definition) is 1. The number of unbranched alkanes of at least 4 members (excludes halogenated alkanes) is 1. The molecular formula is C16H22BrN3O2. The highest BCUT2D eigenvalue weighted by Gasteiger charge is 2.28. The molecule has 0 aliphatic carbocycles. The molecule has 1 fully saturated rings. The second kappa shape index (κ2) is 8.27. The van der Waals surface area contributed by atoms with Gasteiger partial charge in [0, 0.05) is 36.5 Å². The summed E-state index contributed by atoms with van der Waals surface area (Å²) in [6.45, 7) is 4.00. The predicted molar refractivity (Wildman–Crippen MR) is 88.5 cm³/mol. The molecule has 0 radical (unpaired) electrons. The number of hydrogen-bond acceptors (Lipinski definition) is 3. The number of likely N-dealkylation sites (tertiary alicyclic amines) is 1. The number of rotatable bonds is 5. The van der Waals surface area contributed by atoms with E-state index in [0.29, 0.717) is 18.7 Å². The van der Waals surface area contributed by atoms with Crippen LogP contribution >= 0.6 is 15.9 Å². The summed E-state index contributed by atoms with van der Waals surface area (Å²) in [5.74, 6) is -0.0900. The topological polar surface area (TPSA) is 62.3 Å². The van der Waals surface area contributed by atoms with Crippen LogP contribution in [-0.2, 0) is 4.79 Å². The third kappa shape index (κ3) is 4.53. The van der Waals surface area contributed by atoms with Gasteiger partial charge in [0.2, 0.25) is 5.91 Å². The van der Waals surface area contributed by atoms with Gasteiger partial charge in [0.1, 0.15) is 0 Å². The Balaban J connectivity index is 1.95. The molecule has 1 aromatic heterocycles. The molecule has 1 aliphatic rings. The van der Waals surface area contributed by atoms with Crippen molar-refractivity contribution >= 4 is 27.7 Å². The van der Waals surface area contributed by atoms with Gasteiger partial charge in [0.25, 0.3) is 5.91 Å². The zero-order chi connectivity index (χ0) is 15.9. The smallest absolute Gasteiger partial charge is 0.255 e. The van der Waals surface area contributed by atoms with Crippen molar-refractivity contribution in [2.24, 2.45) is 5.92 Å². The number of aromatic nitrogens is 1. The minimum absolute atomic E-state index is 0.0557. The third-order valence-electron chi connectivity index (χ3n) is 3.86. The van der Waals surface area contributed by atoms with Crippen molar-refractivity contribution in [1.82, 2.24) is 15.2 Å². The summed E-state index contributed by atoms with van der Waals surface area (Å²) in [6.07, 6.45) is 6.97. The van der Waals surface area contributed by atoms with Crippen molar-refractivity contribution in [3.05, 3.63) is 28.5 Å². The fourth-order valence-corrected chi connectivity index (χ4v) is 2.98. The van der Waals surface area contributed by atoms with Gasteiger partial charge in [-0.25, -0.2) is 0 Å². The molecule has 1 unspecified atom stereocenters. The molecule has 1 atom stereocenters. The van der Waals surface area contributed by atoms with Crippen LogP contribution in [0.2, 0.25) is 0 Å². The second-order valence-corrected chi connectivity index (χ2v) is 6.54. The number of pyridine rings is 1. The number of carbonyl (C=O) groups is 2. The summed E-state index contributed by atoms with van der Waals surface area (Å²) in [7, 11) is 0. The first-order valence-electron chi connectivity index (χ1n) is 7.79. The molecule has 22 heavy (non-hydrogen) atoms. The highest BCUT2D eigenvalue weighted by Crippen LogP contribution is 2.20. The minimum Gasteiger partial charge on any atom is -0.356 e. The van der Waals surface area contributed by atoms with Crippen LogP contribution in [0.4, 0.5) is 0 Å². The molecule has 1 aliphatic heterocycles. The molecule has 6 heteroatoms. The lowest BCUT2D eigenvalue weighted by Gasteiger charge is -2.32. The maximum atomic E-state index is 12.5. The van der Waals surface area contributed by atoms with Gasteiger partial charge in [-0.05, 0) is 41.3 Å². The van der Waals surface area contributed by atoms with Crippen LogP contribution in [0.25, 0.3) is 0 Å². The highest BCUT2D eigenvalue weighted by molar-refractivity contribution is 9.10. The summed E-state index contributed by atoms with van der Waals surface area (Å²) >= 11 is 3.33. The maximum Gasteiger partial charge on any atom is 0.255 e. The van der Waals surface area contributed by atoms with E-state index >= 15 is 0 Å². The van der Waals surface area contributed by atoms with E-state index in [9.17, 15) is 9.59 Å². The Hall–Kier alpha value is -1.43. The van der Waals surface area contributed by atoms with Gasteiger partial charge in [-0.15, -0.1) is 0 Å². The molecular weight excluding hydrogens is 346 g/mol. The monoisotopic (exact) mass is 367 g/mol. The Morgan fingerprint density at radius 3 is 3.00 bits per heavy atom. The van der Waals surface area contributed by atoms with Gasteiger partial charge < -0.3 is 10.2 Å². The number of halogens is 1. The number of nitrogens with one attached hydrogen (secondary N) is 1. The highest BCUT2D eigenvalue weighted by atomic mass is 79.9. The van der Waals surface area contributed by atoms with E-state index in [2.05, 4.69) is 33.2 Å². The molecule has 120 valence electrons. The fraction of sp³-hybridized carbons (Fsp3) is 0.562. The molecule has 2 amide bonds. The first-order valence-corrected chi connectivity index (χ1v) is 8.58. The summed E-state index contributed by atoms with van der Waals surface area (Å²) in [6, 6.07) is 1.76. The van der Waals surface area contributed by atoms with E-state index in [-0.39, 0.29) is 17.7 Å². The number of nitrogens with zero attached hydrogens (tertiary/aromatic N) is 2. The molecule has 0 aromatic carbocycles. The van der Waals surface area contributed by atoms with E-state index in [1.807, 2.05) is 0 Å². The first kappa shape index (κ1) is 16.9. The van der Waals surface area contributed by atoms with Crippen molar-refractivity contribution in [1.29, 1.82) is 0 Å². The average molecular weight is 368 g/mol. The molecule has 1 N–H and O–H groups in total. The SMILES string of the molecule is CCCCNC(=O)C1CCCN(C(=O)c2cncc(Br)c2)C1. The molecule has 0 bridgehead atoms. The van der Waals surface area contributed by atoms with Crippen molar-refractivity contribution in [2.45, 2.75) is 32.6 Å². The van der Waals surface area contributed by atoms with E-state index in [1.54, 1.807) is 23.4 Å². The van der Waals surface area contributed by atoms with E-state index in [1.165, 1.54) is 0 Å². The van der Waals surface area contributed by atoms with Crippen LogP contribution in [0.15, 0.2) is 22.9 Å². The number of amides is 2. The fourth-order valence-electron chi connectivity index (χ4n) is 2.62. The Morgan fingerprint density at radius 1 is 1.45 bits per heavy atom.